The lowest BCUT2D eigenvalue weighted by Crippen LogP contribution is -2.27. The fourth-order valence-corrected chi connectivity index (χ4v) is 4.11. The second-order valence-corrected chi connectivity index (χ2v) is 7.43. The summed E-state index contributed by atoms with van der Waals surface area (Å²) in [6.07, 6.45) is 6.44. The van der Waals surface area contributed by atoms with E-state index in [1.807, 2.05) is 0 Å². The summed E-state index contributed by atoms with van der Waals surface area (Å²) >= 11 is 0. The zero-order valence-corrected chi connectivity index (χ0v) is 12.8. The number of hydrogen-bond donors (Lipinski definition) is 1. The van der Waals surface area contributed by atoms with Gasteiger partial charge in [-0.15, -0.1) is 0 Å². The monoisotopic (exact) mass is 264 g/mol. The third-order valence-electron chi connectivity index (χ3n) is 5.58. The van der Waals surface area contributed by atoms with Crippen molar-refractivity contribution in [2.45, 2.75) is 66.2 Å². The van der Waals surface area contributed by atoms with Gasteiger partial charge in [0.05, 0.1) is 6.42 Å². The molecule has 2 aliphatic carbocycles. The standard InChI is InChI=1S/C17H28O2/c1-11-5-7-13(17(3,4)10-16(18)19)9-15-12(2)6-8-14(11)15/h11-13H,5-10H2,1-4H3,(H,18,19)/t11-,12-,13?/m0/s1. The van der Waals surface area contributed by atoms with Gasteiger partial charge in [-0.25, -0.2) is 0 Å². The van der Waals surface area contributed by atoms with Crippen LogP contribution in [0.15, 0.2) is 11.1 Å². The van der Waals surface area contributed by atoms with E-state index in [1.54, 1.807) is 11.1 Å². The average molecular weight is 264 g/mol. The summed E-state index contributed by atoms with van der Waals surface area (Å²) in [7, 11) is 0. The minimum absolute atomic E-state index is 0.0870. The van der Waals surface area contributed by atoms with Crippen molar-refractivity contribution >= 4 is 5.97 Å². The molecule has 0 aliphatic heterocycles. The molecule has 1 unspecified atom stereocenters. The van der Waals surface area contributed by atoms with Gasteiger partial charge in [0, 0.05) is 0 Å². The van der Waals surface area contributed by atoms with Crippen LogP contribution in [0.5, 0.6) is 0 Å². The highest BCUT2D eigenvalue weighted by Crippen LogP contribution is 2.48. The molecule has 2 nitrogen and oxygen atoms in total. The number of carboxylic acids is 1. The Balaban J connectivity index is 2.19. The minimum atomic E-state index is -0.657. The van der Waals surface area contributed by atoms with Gasteiger partial charge in [-0.1, -0.05) is 38.8 Å². The lowest BCUT2D eigenvalue weighted by molar-refractivity contribution is -0.140. The SMILES string of the molecule is C[C@H]1CCC(C(C)(C)CC(=O)O)CC2=C1CC[C@@H]2C. The molecule has 0 saturated carbocycles. The van der Waals surface area contributed by atoms with Gasteiger partial charge in [0.1, 0.15) is 0 Å². The molecule has 0 aromatic carbocycles. The van der Waals surface area contributed by atoms with Crippen molar-refractivity contribution in [1.29, 1.82) is 0 Å². The zero-order chi connectivity index (χ0) is 14.2. The van der Waals surface area contributed by atoms with E-state index in [-0.39, 0.29) is 5.41 Å². The minimum Gasteiger partial charge on any atom is -0.481 e. The molecule has 1 N–H and O–H groups in total. The van der Waals surface area contributed by atoms with Crippen LogP contribution in [0.1, 0.15) is 66.2 Å². The molecule has 108 valence electrons. The normalized spacial score (nSPS) is 32.1. The van der Waals surface area contributed by atoms with E-state index >= 15 is 0 Å². The maximum atomic E-state index is 11.1. The second kappa shape index (κ2) is 5.30. The fraction of sp³-hybridized carbons (Fsp3) is 0.824. The molecular weight excluding hydrogens is 236 g/mol. The van der Waals surface area contributed by atoms with Gasteiger partial charge >= 0.3 is 5.97 Å². The molecule has 0 amide bonds. The number of carboxylic acid groups (broad SMARTS) is 1. The van der Waals surface area contributed by atoms with Crippen LogP contribution >= 0.6 is 0 Å². The summed E-state index contributed by atoms with van der Waals surface area (Å²) in [5, 5.41) is 9.13. The van der Waals surface area contributed by atoms with Gasteiger partial charge in [0.15, 0.2) is 0 Å². The van der Waals surface area contributed by atoms with Gasteiger partial charge in [0.2, 0.25) is 0 Å². The predicted octanol–water partition coefficient (Wildman–Crippen LogP) is 4.65. The largest absolute Gasteiger partial charge is 0.481 e. The Labute approximate surface area is 117 Å². The summed E-state index contributed by atoms with van der Waals surface area (Å²) in [5.41, 5.74) is 3.30. The average Bonchev–Trinajstić information content (AvgIpc) is 2.53. The van der Waals surface area contributed by atoms with Crippen molar-refractivity contribution in [2.75, 3.05) is 0 Å². The number of aliphatic carboxylic acids is 1. The molecule has 0 bridgehead atoms. The lowest BCUT2D eigenvalue weighted by Gasteiger charge is -2.34. The second-order valence-electron chi connectivity index (χ2n) is 7.43. The van der Waals surface area contributed by atoms with Crippen molar-refractivity contribution in [1.82, 2.24) is 0 Å². The van der Waals surface area contributed by atoms with E-state index in [0.717, 1.165) is 12.3 Å². The highest BCUT2D eigenvalue weighted by molar-refractivity contribution is 5.67. The Morgan fingerprint density at radius 2 is 1.79 bits per heavy atom. The van der Waals surface area contributed by atoms with Gasteiger partial charge in [-0.2, -0.15) is 0 Å². The van der Waals surface area contributed by atoms with Crippen LogP contribution in [-0.4, -0.2) is 11.1 Å². The molecule has 0 aromatic heterocycles. The number of hydrogen-bond acceptors (Lipinski definition) is 1. The summed E-state index contributed by atoms with van der Waals surface area (Å²) in [4.78, 5) is 11.1. The molecule has 2 aliphatic rings. The zero-order valence-electron chi connectivity index (χ0n) is 12.8. The first-order chi connectivity index (χ1) is 8.81. The topological polar surface area (TPSA) is 37.3 Å². The third-order valence-corrected chi connectivity index (χ3v) is 5.58. The van der Waals surface area contributed by atoms with Crippen molar-refractivity contribution in [3.63, 3.8) is 0 Å². The molecule has 19 heavy (non-hydrogen) atoms. The highest BCUT2D eigenvalue weighted by atomic mass is 16.4. The first-order valence-electron chi connectivity index (χ1n) is 7.75. The van der Waals surface area contributed by atoms with Crippen LogP contribution in [-0.2, 0) is 4.79 Å². The molecule has 2 heteroatoms. The molecule has 0 aromatic rings. The number of allylic oxidation sites excluding steroid dienone is 2. The molecule has 0 radical (unpaired) electrons. The lowest BCUT2D eigenvalue weighted by atomic mass is 9.71. The van der Waals surface area contributed by atoms with Crippen LogP contribution in [0.4, 0.5) is 0 Å². The molecular formula is C17H28O2. The summed E-state index contributed by atoms with van der Waals surface area (Å²) in [6.45, 7) is 8.99. The van der Waals surface area contributed by atoms with E-state index in [9.17, 15) is 4.79 Å². The van der Waals surface area contributed by atoms with Gasteiger partial charge in [-0.05, 0) is 55.3 Å². The molecule has 0 saturated heterocycles. The maximum absolute atomic E-state index is 11.1. The molecule has 0 spiro atoms. The van der Waals surface area contributed by atoms with E-state index in [0.29, 0.717) is 18.3 Å². The number of rotatable bonds is 3. The van der Waals surface area contributed by atoms with E-state index in [1.165, 1.54) is 25.7 Å². The fourth-order valence-electron chi connectivity index (χ4n) is 4.11. The molecule has 0 heterocycles. The van der Waals surface area contributed by atoms with Crippen molar-refractivity contribution in [3.05, 3.63) is 11.1 Å². The van der Waals surface area contributed by atoms with E-state index in [2.05, 4.69) is 27.7 Å². The van der Waals surface area contributed by atoms with Crippen LogP contribution in [0.3, 0.4) is 0 Å². The first kappa shape index (κ1) is 14.6. The summed E-state index contributed by atoms with van der Waals surface area (Å²) < 4.78 is 0. The Kier molecular flexibility index (Phi) is 4.08. The number of carbonyl (C=O) groups is 1. The van der Waals surface area contributed by atoms with Crippen LogP contribution < -0.4 is 0 Å². The predicted molar refractivity (Wildman–Crippen MR) is 78.0 cm³/mol. The van der Waals surface area contributed by atoms with Crippen molar-refractivity contribution < 1.29 is 9.90 Å². The Bertz CT molecular complexity index is 392. The highest BCUT2D eigenvalue weighted by Gasteiger charge is 2.37. The van der Waals surface area contributed by atoms with E-state index < -0.39 is 5.97 Å². The summed E-state index contributed by atoms with van der Waals surface area (Å²) in [5.74, 6) is 1.30. The van der Waals surface area contributed by atoms with Gasteiger partial charge < -0.3 is 5.11 Å². The Morgan fingerprint density at radius 1 is 1.16 bits per heavy atom. The van der Waals surface area contributed by atoms with Crippen LogP contribution in [0.2, 0.25) is 0 Å². The quantitative estimate of drug-likeness (QED) is 0.753. The Morgan fingerprint density at radius 3 is 2.42 bits per heavy atom. The van der Waals surface area contributed by atoms with E-state index in [4.69, 9.17) is 5.11 Å². The van der Waals surface area contributed by atoms with Crippen molar-refractivity contribution in [3.8, 4) is 0 Å². The smallest absolute Gasteiger partial charge is 0.303 e. The molecule has 2 rings (SSSR count). The third kappa shape index (κ3) is 3.04. The van der Waals surface area contributed by atoms with Crippen molar-refractivity contribution in [2.24, 2.45) is 23.2 Å². The van der Waals surface area contributed by atoms with Crippen LogP contribution in [0, 0.1) is 23.2 Å². The Hall–Kier alpha value is -0.790. The summed E-state index contributed by atoms with van der Waals surface area (Å²) in [6, 6.07) is 0. The molecule has 0 fully saturated rings. The maximum Gasteiger partial charge on any atom is 0.303 e. The molecule has 3 atom stereocenters. The van der Waals surface area contributed by atoms with Crippen LogP contribution in [0.25, 0.3) is 0 Å². The van der Waals surface area contributed by atoms with Gasteiger partial charge in [0.25, 0.3) is 0 Å². The first-order valence-corrected chi connectivity index (χ1v) is 7.75. The van der Waals surface area contributed by atoms with Gasteiger partial charge in [-0.3, -0.25) is 4.79 Å².